The molecule has 0 N–H and O–H groups in total. The quantitative estimate of drug-likeness (QED) is 0.569. The van der Waals surface area contributed by atoms with E-state index in [9.17, 15) is 14.0 Å². The standard InChI is InChI=1S/C24H22FNO4/c1-29-22-12-11-21(30-22)24(28)26-13-5-8-18(15-26)23(27)17-9-10-19(20(25)14-17)16-6-3-2-4-7-16/h2-4,6-7,9-12,14,18H,5,8,13,15H2,1H3/t18-/m0/s1. The summed E-state index contributed by atoms with van der Waals surface area (Å²) in [6, 6.07) is 16.9. The number of ketones is 1. The molecule has 0 saturated carbocycles. The molecule has 1 atom stereocenters. The summed E-state index contributed by atoms with van der Waals surface area (Å²) in [5.74, 6) is -0.792. The Bertz CT molecular complexity index is 1060. The summed E-state index contributed by atoms with van der Waals surface area (Å²) in [7, 11) is 1.46. The minimum atomic E-state index is -0.432. The molecule has 0 aliphatic carbocycles. The number of carbonyl (C=O) groups excluding carboxylic acids is 2. The van der Waals surface area contributed by atoms with Crippen LogP contribution in [0.25, 0.3) is 11.1 Å². The Morgan fingerprint density at radius 1 is 1.10 bits per heavy atom. The van der Waals surface area contributed by atoms with E-state index in [4.69, 9.17) is 9.15 Å². The molecule has 154 valence electrons. The number of carbonyl (C=O) groups is 2. The van der Waals surface area contributed by atoms with Crippen LogP contribution in [-0.2, 0) is 0 Å². The minimum absolute atomic E-state index is 0.150. The Kier molecular flexibility index (Phi) is 5.65. The zero-order valence-corrected chi connectivity index (χ0v) is 16.6. The van der Waals surface area contributed by atoms with Crippen LogP contribution in [0.5, 0.6) is 5.95 Å². The lowest BCUT2D eigenvalue weighted by atomic mass is 9.89. The summed E-state index contributed by atoms with van der Waals surface area (Å²) < 4.78 is 25.0. The van der Waals surface area contributed by atoms with Crippen molar-refractivity contribution in [1.29, 1.82) is 0 Å². The van der Waals surface area contributed by atoms with Gasteiger partial charge in [0, 0.05) is 36.2 Å². The molecule has 0 spiro atoms. The fraction of sp³-hybridized carbons (Fsp3) is 0.250. The van der Waals surface area contributed by atoms with Crippen molar-refractivity contribution < 1.29 is 23.1 Å². The average molecular weight is 407 g/mol. The highest BCUT2D eigenvalue weighted by atomic mass is 19.1. The number of piperidine rings is 1. The molecule has 1 aliphatic rings. The number of Topliss-reactive ketones (excluding diaryl/α,β-unsaturated/α-hetero) is 1. The number of nitrogens with zero attached hydrogens (tertiary/aromatic N) is 1. The van der Waals surface area contributed by atoms with Gasteiger partial charge in [-0.1, -0.05) is 42.5 Å². The monoisotopic (exact) mass is 407 g/mol. The first-order chi connectivity index (χ1) is 14.6. The van der Waals surface area contributed by atoms with Gasteiger partial charge in [0.05, 0.1) is 7.11 Å². The Hall–Kier alpha value is -3.41. The molecule has 3 aromatic rings. The first-order valence-corrected chi connectivity index (χ1v) is 9.89. The van der Waals surface area contributed by atoms with Crippen LogP contribution in [0, 0.1) is 11.7 Å². The van der Waals surface area contributed by atoms with Crippen LogP contribution in [-0.4, -0.2) is 36.8 Å². The molecule has 1 saturated heterocycles. The van der Waals surface area contributed by atoms with Crippen molar-refractivity contribution >= 4 is 11.7 Å². The summed E-state index contributed by atoms with van der Waals surface area (Å²) in [6.07, 6.45) is 1.36. The fourth-order valence-corrected chi connectivity index (χ4v) is 3.83. The Morgan fingerprint density at radius 3 is 2.60 bits per heavy atom. The number of hydrogen-bond donors (Lipinski definition) is 0. The lowest BCUT2D eigenvalue weighted by molar-refractivity contribution is 0.0605. The topological polar surface area (TPSA) is 59.8 Å². The first-order valence-electron chi connectivity index (χ1n) is 9.89. The van der Waals surface area contributed by atoms with Crippen LogP contribution in [0.15, 0.2) is 65.1 Å². The van der Waals surface area contributed by atoms with Gasteiger partial charge >= 0.3 is 0 Å². The molecule has 1 aromatic heterocycles. The third kappa shape index (κ3) is 3.99. The molecule has 2 aromatic carbocycles. The highest BCUT2D eigenvalue weighted by Crippen LogP contribution is 2.27. The second kappa shape index (κ2) is 8.53. The summed E-state index contributed by atoms with van der Waals surface area (Å²) in [4.78, 5) is 27.3. The molecule has 30 heavy (non-hydrogen) atoms. The lowest BCUT2D eigenvalue weighted by Crippen LogP contribution is -2.42. The number of ether oxygens (including phenoxy) is 1. The van der Waals surface area contributed by atoms with E-state index >= 15 is 0 Å². The van der Waals surface area contributed by atoms with Gasteiger partial charge in [0.1, 0.15) is 5.82 Å². The molecule has 6 heteroatoms. The Morgan fingerprint density at radius 2 is 1.90 bits per heavy atom. The number of methoxy groups -OCH3 is 1. The van der Waals surface area contributed by atoms with E-state index in [0.717, 1.165) is 5.56 Å². The lowest BCUT2D eigenvalue weighted by Gasteiger charge is -2.31. The van der Waals surface area contributed by atoms with E-state index in [1.165, 1.54) is 13.2 Å². The maximum atomic E-state index is 14.7. The normalized spacial score (nSPS) is 16.3. The van der Waals surface area contributed by atoms with Crippen molar-refractivity contribution in [1.82, 2.24) is 4.90 Å². The van der Waals surface area contributed by atoms with Gasteiger partial charge in [-0.3, -0.25) is 9.59 Å². The number of halogens is 1. The smallest absolute Gasteiger partial charge is 0.289 e. The predicted molar refractivity (Wildman–Crippen MR) is 110 cm³/mol. The molecular weight excluding hydrogens is 385 g/mol. The molecule has 0 radical (unpaired) electrons. The van der Waals surface area contributed by atoms with E-state index in [-0.39, 0.29) is 35.9 Å². The van der Waals surface area contributed by atoms with Crippen molar-refractivity contribution in [3.8, 4) is 17.1 Å². The van der Waals surface area contributed by atoms with Gasteiger partial charge in [-0.25, -0.2) is 4.39 Å². The molecule has 1 aliphatic heterocycles. The molecule has 5 nitrogen and oxygen atoms in total. The summed E-state index contributed by atoms with van der Waals surface area (Å²) >= 11 is 0. The third-order valence-corrected chi connectivity index (χ3v) is 5.41. The maximum Gasteiger partial charge on any atom is 0.289 e. The number of benzene rings is 2. The zero-order valence-electron chi connectivity index (χ0n) is 16.6. The highest BCUT2D eigenvalue weighted by Gasteiger charge is 2.31. The highest BCUT2D eigenvalue weighted by molar-refractivity contribution is 5.99. The van der Waals surface area contributed by atoms with E-state index in [0.29, 0.717) is 30.5 Å². The molecule has 4 rings (SSSR count). The number of likely N-dealkylation sites (tertiary alicyclic amines) is 1. The van der Waals surface area contributed by atoms with Gasteiger partial charge in [0.2, 0.25) is 0 Å². The number of rotatable bonds is 5. The maximum absolute atomic E-state index is 14.7. The predicted octanol–water partition coefficient (Wildman–Crippen LogP) is 4.83. The van der Waals surface area contributed by atoms with Crippen molar-refractivity contribution in [3.63, 3.8) is 0 Å². The van der Waals surface area contributed by atoms with Crippen LogP contribution in [0.2, 0.25) is 0 Å². The van der Waals surface area contributed by atoms with Crippen LogP contribution in [0.1, 0.15) is 33.8 Å². The summed E-state index contributed by atoms with van der Waals surface area (Å²) in [6.45, 7) is 0.829. The van der Waals surface area contributed by atoms with E-state index < -0.39 is 5.82 Å². The second-order valence-electron chi connectivity index (χ2n) is 7.34. The van der Waals surface area contributed by atoms with Crippen LogP contribution < -0.4 is 4.74 Å². The zero-order chi connectivity index (χ0) is 21.1. The van der Waals surface area contributed by atoms with Crippen LogP contribution in [0.3, 0.4) is 0 Å². The van der Waals surface area contributed by atoms with Gasteiger partial charge < -0.3 is 14.1 Å². The Labute approximate surface area is 174 Å². The molecule has 2 heterocycles. The molecular formula is C24H22FNO4. The third-order valence-electron chi connectivity index (χ3n) is 5.41. The minimum Gasteiger partial charge on any atom is -0.468 e. The van der Waals surface area contributed by atoms with E-state index in [1.807, 2.05) is 30.3 Å². The van der Waals surface area contributed by atoms with Crippen molar-refractivity contribution in [3.05, 3.63) is 77.8 Å². The fourth-order valence-electron chi connectivity index (χ4n) is 3.83. The van der Waals surface area contributed by atoms with E-state index in [1.54, 1.807) is 29.2 Å². The number of furan rings is 1. The number of hydrogen-bond acceptors (Lipinski definition) is 4. The SMILES string of the molecule is COc1ccc(C(=O)N2CCC[C@H](C(=O)c3ccc(-c4ccccc4)c(F)c3)C2)o1. The molecule has 0 unspecified atom stereocenters. The average Bonchev–Trinajstić information content (AvgIpc) is 3.28. The van der Waals surface area contributed by atoms with Gasteiger partial charge in [0.15, 0.2) is 11.5 Å². The van der Waals surface area contributed by atoms with Gasteiger partial charge in [0.25, 0.3) is 11.9 Å². The molecule has 1 amide bonds. The largest absolute Gasteiger partial charge is 0.468 e. The van der Waals surface area contributed by atoms with Crippen LogP contribution in [0.4, 0.5) is 4.39 Å². The van der Waals surface area contributed by atoms with Gasteiger partial charge in [-0.05, 0) is 30.5 Å². The Balaban J connectivity index is 1.49. The molecule has 0 bridgehead atoms. The number of amides is 1. The van der Waals surface area contributed by atoms with Crippen molar-refractivity contribution in [2.45, 2.75) is 12.8 Å². The summed E-state index contributed by atoms with van der Waals surface area (Å²) in [5.41, 5.74) is 1.54. The van der Waals surface area contributed by atoms with Gasteiger partial charge in [-0.2, -0.15) is 0 Å². The second-order valence-corrected chi connectivity index (χ2v) is 7.34. The first kappa shape index (κ1) is 19.9. The van der Waals surface area contributed by atoms with Crippen molar-refractivity contribution in [2.75, 3.05) is 20.2 Å². The van der Waals surface area contributed by atoms with E-state index in [2.05, 4.69) is 0 Å². The summed E-state index contributed by atoms with van der Waals surface area (Å²) in [5, 5.41) is 0. The van der Waals surface area contributed by atoms with Crippen LogP contribution >= 0.6 is 0 Å². The van der Waals surface area contributed by atoms with Crippen molar-refractivity contribution in [2.24, 2.45) is 5.92 Å². The molecule has 1 fully saturated rings. The van der Waals surface area contributed by atoms with Gasteiger partial charge in [-0.15, -0.1) is 0 Å².